The molecule has 0 saturated carbocycles. The summed E-state index contributed by atoms with van der Waals surface area (Å²) in [6.45, 7) is 2.29. The van der Waals surface area contributed by atoms with Crippen LogP contribution in [0.5, 0.6) is 0 Å². The first-order valence-corrected chi connectivity index (χ1v) is 9.07. The lowest BCUT2D eigenvalue weighted by molar-refractivity contribution is 0.241. The van der Waals surface area contributed by atoms with Crippen LogP contribution in [0.25, 0.3) is 21.9 Å². The maximum Gasteiger partial charge on any atom is 0.197 e. The molecule has 0 fully saturated rings. The molecule has 1 aliphatic heterocycles. The van der Waals surface area contributed by atoms with E-state index in [1.807, 2.05) is 6.07 Å². The Morgan fingerprint density at radius 3 is 2.96 bits per heavy atom. The zero-order valence-corrected chi connectivity index (χ0v) is 14.8. The minimum absolute atomic E-state index is 0.00352. The lowest BCUT2D eigenvalue weighted by Gasteiger charge is -2.26. The van der Waals surface area contributed by atoms with Crippen molar-refractivity contribution in [1.29, 1.82) is 0 Å². The fraction of sp³-hybridized carbons (Fsp3) is 0.190. The fourth-order valence-corrected chi connectivity index (χ4v) is 4.05. The third-order valence-electron chi connectivity index (χ3n) is 5.16. The summed E-state index contributed by atoms with van der Waals surface area (Å²) < 4.78 is 5.64. The van der Waals surface area contributed by atoms with E-state index in [4.69, 9.17) is 16.0 Å². The number of nitrogens with one attached hydrogen (secondary N) is 1. The molecule has 2 aromatic carbocycles. The predicted molar refractivity (Wildman–Crippen MR) is 104 cm³/mol. The molecule has 0 saturated heterocycles. The highest BCUT2D eigenvalue weighted by Gasteiger charge is 2.21. The number of para-hydroxylation sites is 1. The van der Waals surface area contributed by atoms with Crippen LogP contribution in [0.2, 0.25) is 5.02 Å². The van der Waals surface area contributed by atoms with Crippen LogP contribution in [0.1, 0.15) is 16.8 Å². The number of hydrogen-bond acceptors (Lipinski definition) is 3. The minimum atomic E-state index is -0.00352. The SMILES string of the molecule is O=c1c(CN2CCc3c([nH]c4ccccc34)C2)coc2ccc(Cl)cc12. The highest BCUT2D eigenvalue weighted by Crippen LogP contribution is 2.28. The molecule has 0 atom stereocenters. The normalized spacial score (nSPS) is 14.8. The van der Waals surface area contributed by atoms with E-state index < -0.39 is 0 Å². The van der Waals surface area contributed by atoms with Gasteiger partial charge in [-0.05, 0) is 36.2 Å². The second-order valence-electron chi connectivity index (χ2n) is 6.82. The van der Waals surface area contributed by atoms with E-state index in [0.717, 1.165) is 19.5 Å². The smallest absolute Gasteiger partial charge is 0.197 e. The molecule has 0 amide bonds. The largest absolute Gasteiger partial charge is 0.464 e. The van der Waals surface area contributed by atoms with Gasteiger partial charge in [-0.3, -0.25) is 9.69 Å². The van der Waals surface area contributed by atoms with E-state index in [-0.39, 0.29) is 5.43 Å². The Kier molecular flexibility index (Phi) is 3.62. The first-order chi connectivity index (χ1) is 12.7. The van der Waals surface area contributed by atoms with Crippen molar-refractivity contribution in [2.75, 3.05) is 6.54 Å². The van der Waals surface area contributed by atoms with Gasteiger partial charge in [-0.25, -0.2) is 0 Å². The summed E-state index contributed by atoms with van der Waals surface area (Å²) in [4.78, 5) is 18.6. The molecule has 5 rings (SSSR count). The zero-order valence-electron chi connectivity index (χ0n) is 14.1. The zero-order chi connectivity index (χ0) is 17.7. The Balaban J connectivity index is 1.46. The van der Waals surface area contributed by atoms with Crippen molar-refractivity contribution < 1.29 is 4.42 Å². The van der Waals surface area contributed by atoms with Gasteiger partial charge >= 0.3 is 0 Å². The van der Waals surface area contributed by atoms with Crippen molar-refractivity contribution in [2.45, 2.75) is 19.5 Å². The van der Waals surface area contributed by atoms with Crippen LogP contribution < -0.4 is 5.43 Å². The average molecular weight is 365 g/mol. The van der Waals surface area contributed by atoms with Gasteiger partial charge in [0.25, 0.3) is 0 Å². The molecule has 0 bridgehead atoms. The maximum absolute atomic E-state index is 12.8. The molecule has 0 unspecified atom stereocenters. The van der Waals surface area contributed by atoms with Gasteiger partial charge in [-0.2, -0.15) is 0 Å². The third-order valence-corrected chi connectivity index (χ3v) is 5.40. The van der Waals surface area contributed by atoms with E-state index in [2.05, 4.69) is 28.1 Å². The molecule has 4 aromatic rings. The lowest BCUT2D eigenvalue weighted by Crippen LogP contribution is -2.31. The number of fused-ring (bicyclic) bond motifs is 4. The molecular weight excluding hydrogens is 348 g/mol. The minimum Gasteiger partial charge on any atom is -0.464 e. The lowest BCUT2D eigenvalue weighted by atomic mass is 10.0. The molecule has 0 radical (unpaired) electrons. The van der Waals surface area contributed by atoms with Crippen LogP contribution in [0.4, 0.5) is 0 Å². The van der Waals surface area contributed by atoms with Gasteiger partial charge in [0.1, 0.15) is 5.58 Å². The van der Waals surface area contributed by atoms with Crippen molar-refractivity contribution in [3.63, 3.8) is 0 Å². The molecule has 0 spiro atoms. The monoisotopic (exact) mass is 364 g/mol. The molecule has 4 nitrogen and oxygen atoms in total. The Bertz CT molecular complexity index is 1190. The number of benzene rings is 2. The molecule has 26 heavy (non-hydrogen) atoms. The van der Waals surface area contributed by atoms with Crippen molar-refractivity contribution in [2.24, 2.45) is 0 Å². The second kappa shape index (κ2) is 6.01. The van der Waals surface area contributed by atoms with Crippen molar-refractivity contribution in [3.8, 4) is 0 Å². The summed E-state index contributed by atoms with van der Waals surface area (Å²) in [5.74, 6) is 0. The highest BCUT2D eigenvalue weighted by atomic mass is 35.5. The molecule has 1 aliphatic rings. The van der Waals surface area contributed by atoms with Gasteiger partial charge in [0, 0.05) is 46.8 Å². The Hall–Kier alpha value is -2.56. The van der Waals surface area contributed by atoms with Gasteiger partial charge in [-0.15, -0.1) is 0 Å². The molecule has 3 heterocycles. The van der Waals surface area contributed by atoms with Crippen molar-refractivity contribution >= 4 is 33.5 Å². The van der Waals surface area contributed by atoms with E-state index in [1.165, 1.54) is 22.2 Å². The summed E-state index contributed by atoms with van der Waals surface area (Å²) in [7, 11) is 0. The summed E-state index contributed by atoms with van der Waals surface area (Å²) in [5, 5.41) is 2.39. The number of H-pyrrole nitrogens is 1. The van der Waals surface area contributed by atoms with Crippen molar-refractivity contribution in [3.05, 3.63) is 80.8 Å². The standard InChI is InChI=1S/C21H17ClN2O2/c22-14-5-6-20-17(9-14)21(25)13(12-26-20)10-24-8-7-16-15-3-1-2-4-18(15)23-19(16)11-24/h1-6,9,12,23H,7-8,10-11H2. The first kappa shape index (κ1) is 15.7. The highest BCUT2D eigenvalue weighted by molar-refractivity contribution is 6.31. The Labute approximate surface area is 155 Å². The molecule has 130 valence electrons. The van der Waals surface area contributed by atoms with E-state index in [0.29, 0.717) is 28.1 Å². The van der Waals surface area contributed by atoms with E-state index in [1.54, 1.807) is 24.5 Å². The van der Waals surface area contributed by atoms with Gasteiger partial charge in [-0.1, -0.05) is 29.8 Å². The molecule has 5 heteroatoms. The van der Waals surface area contributed by atoms with Crippen LogP contribution >= 0.6 is 11.6 Å². The fourth-order valence-electron chi connectivity index (χ4n) is 3.88. The van der Waals surface area contributed by atoms with Crippen molar-refractivity contribution in [1.82, 2.24) is 9.88 Å². The molecule has 1 N–H and O–H groups in total. The van der Waals surface area contributed by atoms with Crippen LogP contribution in [-0.2, 0) is 19.5 Å². The topological polar surface area (TPSA) is 49.2 Å². The summed E-state index contributed by atoms with van der Waals surface area (Å²) in [6, 6.07) is 13.6. The number of rotatable bonds is 2. The Morgan fingerprint density at radius 1 is 1.15 bits per heavy atom. The number of nitrogens with zero attached hydrogens (tertiary/aromatic N) is 1. The molecule has 2 aromatic heterocycles. The van der Waals surface area contributed by atoms with Gasteiger partial charge in [0.2, 0.25) is 0 Å². The molecular formula is C21H17ClN2O2. The van der Waals surface area contributed by atoms with E-state index in [9.17, 15) is 4.79 Å². The van der Waals surface area contributed by atoms with Crippen LogP contribution in [0.3, 0.4) is 0 Å². The summed E-state index contributed by atoms with van der Waals surface area (Å²) in [6.07, 6.45) is 2.56. The number of halogens is 1. The van der Waals surface area contributed by atoms with Crippen LogP contribution in [0.15, 0.2) is 57.9 Å². The van der Waals surface area contributed by atoms with Crippen LogP contribution in [-0.4, -0.2) is 16.4 Å². The second-order valence-corrected chi connectivity index (χ2v) is 7.26. The van der Waals surface area contributed by atoms with Gasteiger partial charge in [0.15, 0.2) is 5.43 Å². The average Bonchev–Trinajstić information content (AvgIpc) is 3.02. The number of hydrogen-bond donors (Lipinski definition) is 1. The number of aromatic amines is 1. The quantitative estimate of drug-likeness (QED) is 0.570. The summed E-state index contributed by atoms with van der Waals surface area (Å²) in [5.41, 5.74) is 5.05. The first-order valence-electron chi connectivity index (χ1n) is 8.70. The van der Waals surface area contributed by atoms with E-state index >= 15 is 0 Å². The Morgan fingerprint density at radius 2 is 2.04 bits per heavy atom. The maximum atomic E-state index is 12.8. The molecule has 0 aliphatic carbocycles. The summed E-state index contributed by atoms with van der Waals surface area (Å²) >= 11 is 6.03. The third kappa shape index (κ3) is 2.54. The predicted octanol–water partition coefficient (Wildman–Crippen LogP) is 4.49. The van der Waals surface area contributed by atoms with Gasteiger partial charge < -0.3 is 9.40 Å². The number of aromatic nitrogens is 1. The van der Waals surface area contributed by atoms with Crippen LogP contribution in [0, 0.1) is 0 Å². The van der Waals surface area contributed by atoms with Gasteiger partial charge in [0.05, 0.1) is 11.6 Å².